The summed E-state index contributed by atoms with van der Waals surface area (Å²) in [5, 5.41) is 13.5. The molecule has 1 atom stereocenters. The fraction of sp³-hybridized carbons (Fsp3) is 0.200. The van der Waals surface area contributed by atoms with Crippen molar-refractivity contribution in [2.24, 2.45) is 0 Å². The first kappa shape index (κ1) is 18.2. The van der Waals surface area contributed by atoms with Crippen LogP contribution in [0.3, 0.4) is 0 Å². The summed E-state index contributed by atoms with van der Waals surface area (Å²) in [6.45, 7) is 1.54. The predicted molar refractivity (Wildman–Crippen MR) is 93.6 cm³/mol. The summed E-state index contributed by atoms with van der Waals surface area (Å²) in [6.07, 6.45) is 1.78. The molecule has 5 nitrogen and oxygen atoms in total. The van der Waals surface area contributed by atoms with Crippen LogP contribution in [0, 0.1) is 24.4 Å². The van der Waals surface area contributed by atoms with Crippen LogP contribution in [-0.4, -0.2) is 20.9 Å². The van der Waals surface area contributed by atoms with Gasteiger partial charge in [-0.25, -0.2) is 23.3 Å². The largest absolute Gasteiger partial charge is 0.289 e. The van der Waals surface area contributed by atoms with Crippen molar-refractivity contribution < 1.29 is 23.2 Å². The Morgan fingerprint density at radius 2 is 1.75 bits per heavy atom. The summed E-state index contributed by atoms with van der Waals surface area (Å²) in [5.74, 6) is -2.84. The van der Waals surface area contributed by atoms with Crippen LogP contribution < -0.4 is 5.48 Å². The average Bonchev–Trinajstić information content (AvgIpc) is 3.25. The number of amides is 1. The third kappa shape index (κ3) is 2.37. The highest BCUT2D eigenvalue weighted by Gasteiger charge is 2.50. The van der Waals surface area contributed by atoms with Crippen molar-refractivity contribution in [2.75, 3.05) is 0 Å². The zero-order valence-corrected chi connectivity index (χ0v) is 14.8. The Balaban J connectivity index is 1.98. The number of para-hydroxylation sites is 1. The van der Waals surface area contributed by atoms with Crippen molar-refractivity contribution >= 4 is 5.91 Å². The van der Waals surface area contributed by atoms with Crippen molar-refractivity contribution in [3.63, 3.8) is 0 Å². The summed E-state index contributed by atoms with van der Waals surface area (Å²) < 4.78 is 43.9. The minimum Gasteiger partial charge on any atom is -0.289 e. The van der Waals surface area contributed by atoms with Gasteiger partial charge in [-0.3, -0.25) is 10.0 Å². The molecule has 4 rings (SSSR count). The fourth-order valence-corrected chi connectivity index (χ4v) is 4.10. The highest BCUT2D eigenvalue weighted by molar-refractivity contribution is 5.93. The first-order valence-corrected chi connectivity index (χ1v) is 8.63. The summed E-state index contributed by atoms with van der Waals surface area (Å²) in [7, 11) is 0. The highest BCUT2D eigenvalue weighted by Crippen LogP contribution is 2.46. The number of hydrogen-bond donors (Lipinski definition) is 2. The minimum absolute atomic E-state index is 0.187. The number of nitrogens with one attached hydrogen (secondary N) is 1. The van der Waals surface area contributed by atoms with Crippen molar-refractivity contribution in [1.82, 2.24) is 15.3 Å². The molecule has 3 aromatic rings. The highest BCUT2D eigenvalue weighted by atomic mass is 19.1. The molecule has 0 saturated carbocycles. The molecule has 1 aliphatic carbocycles. The molecule has 2 N–H and O–H groups in total. The van der Waals surface area contributed by atoms with Gasteiger partial charge in [0.15, 0.2) is 11.6 Å². The van der Waals surface area contributed by atoms with Crippen LogP contribution in [0.2, 0.25) is 0 Å². The molecule has 0 bridgehead atoms. The van der Waals surface area contributed by atoms with E-state index < -0.39 is 28.8 Å². The molecule has 0 radical (unpaired) electrons. The van der Waals surface area contributed by atoms with E-state index in [1.165, 1.54) is 31.3 Å². The van der Waals surface area contributed by atoms with Gasteiger partial charge in [-0.2, -0.15) is 5.10 Å². The standard InChI is InChI=1S/C20H16F3N3O2/c1-11-12(4-2-5-14(11)21)20(19(27)25-28)9-8-17-13(20)10-24-26(17)18-15(22)6-3-7-16(18)23/h2-7,10,28H,8-9H2,1H3,(H,25,27). The number of halogens is 3. The number of carbonyl (C=O) groups excluding carboxylic acids is 1. The number of carbonyl (C=O) groups is 1. The van der Waals surface area contributed by atoms with E-state index in [0.29, 0.717) is 16.8 Å². The maximum atomic E-state index is 14.3. The van der Waals surface area contributed by atoms with E-state index in [2.05, 4.69) is 5.10 Å². The normalized spacial score (nSPS) is 18.2. The first-order valence-electron chi connectivity index (χ1n) is 8.63. The topological polar surface area (TPSA) is 67.2 Å². The van der Waals surface area contributed by atoms with E-state index in [-0.39, 0.29) is 24.1 Å². The molecular weight excluding hydrogens is 371 g/mol. The van der Waals surface area contributed by atoms with E-state index in [1.54, 1.807) is 11.5 Å². The third-order valence-electron chi connectivity index (χ3n) is 5.43. The van der Waals surface area contributed by atoms with Crippen molar-refractivity contribution in [1.29, 1.82) is 0 Å². The van der Waals surface area contributed by atoms with Gasteiger partial charge in [-0.05, 0) is 49.1 Å². The molecule has 0 spiro atoms. The second-order valence-electron chi connectivity index (χ2n) is 6.75. The lowest BCUT2D eigenvalue weighted by Gasteiger charge is -2.29. The second kappa shape index (κ2) is 6.49. The van der Waals surface area contributed by atoms with Gasteiger partial charge in [0.05, 0.1) is 6.20 Å². The number of fused-ring (bicyclic) bond motifs is 1. The van der Waals surface area contributed by atoms with Gasteiger partial charge in [-0.15, -0.1) is 0 Å². The average molecular weight is 387 g/mol. The molecule has 0 saturated heterocycles. The molecule has 1 amide bonds. The van der Waals surface area contributed by atoms with Crippen molar-refractivity contribution in [3.8, 4) is 5.69 Å². The van der Waals surface area contributed by atoms with Crippen molar-refractivity contribution in [2.45, 2.75) is 25.2 Å². The van der Waals surface area contributed by atoms with E-state index >= 15 is 0 Å². The van der Waals surface area contributed by atoms with Crippen LogP contribution in [0.5, 0.6) is 0 Å². The zero-order chi connectivity index (χ0) is 20.1. The zero-order valence-electron chi connectivity index (χ0n) is 14.8. The van der Waals surface area contributed by atoms with Gasteiger partial charge in [0.25, 0.3) is 5.91 Å². The molecule has 1 aromatic heterocycles. The molecule has 144 valence electrons. The van der Waals surface area contributed by atoms with E-state index in [0.717, 1.165) is 16.8 Å². The van der Waals surface area contributed by atoms with Crippen LogP contribution >= 0.6 is 0 Å². The number of hydrogen-bond acceptors (Lipinski definition) is 3. The molecule has 0 aliphatic heterocycles. The monoisotopic (exact) mass is 387 g/mol. The van der Waals surface area contributed by atoms with Crippen molar-refractivity contribution in [3.05, 3.63) is 82.4 Å². The summed E-state index contributed by atoms with van der Waals surface area (Å²) in [4.78, 5) is 12.8. The Morgan fingerprint density at radius 1 is 1.11 bits per heavy atom. The van der Waals surface area contributed by atoms with Crippen LogP contribution in [-0.2, 0) is 16.6 Å². The Kier molecular flexibility index (Phi) is 4.23. The molecular formula is C20H16F3N3O2. The maximum Gasteiger partial charge on any atom is 0.258 e. The SMILES string of the molecule is Cc1c(F)cccc1C1(C(=O)NO)CCc2c1cnn2-c1c(F)cccc1F. The lowest BCUT2D eigenvalue weighted by molar-refractivity contribution is -0.133. The van der Waals surface area contributed by atoms with Gasteiger partial charge in [-0.1, -0.05) is 18.2 Å². The number of hydroxylamine groups is 1. The fourth-order valence-electron chi connectivity index (χ4n) is 4.10. The molecule has 1 unspecified atom stereocenters. The Labute approximate surface area is 158 Å². The van der Waals surface area contributed by atoms with Gasteiger partial charge < -0.3 is 0 Å². The van der Waals surface area contributed by atoms with Gasteiger partial charge in [0, 0.05) is 11.3 Å². The van der Waals surface area contributed by atoms with Crippen LogP contribution in [0.1, 0.15) is 28.8 Å². The van der Waals surface area contributed by atoms with Crippen LogP contribution in [0.4, 0.5) is 13.2 Å². The molecule has 0 fully saturated rings. The molecule has 1 aliphatic rings. The van der Waals surface area contributed by atoms with Gasteiger partial charge in [0.1, 0.15) is 16.9 Å². The lowest BCUT2D eigenvalue weighted by atomic mass is 9.74. The molecule has 8 heteroatoms. The molecule has 28 heavy (non-hydrogen) atoms. The van der Waals surface area contributed by atoms with Crippen LogP contribution in [0.25, 0.3) is 5.69 Å². The number of benzene rings is 2. The summed E-state index contributed by atoms with van der Waals surface area (Å²) in [5.41, 5.74) is 1.31. The Morgan fingerprint density at radius 3 is 2.43 bits per heavy atom. The van der Waals surface area contributed by atoms with E-state index in [1.807, 2.05) is 0 Å². The first-order chi connectivity index (χ1) is 13.4. The summed E-state index contributed by atoms with van der Waals surface area (Å²) in [6, 6.07) is 7.83. The predicted octanol–water partition coefficient (Wildman–Crippen LogP) is 3.34. The number of rotatable bonds is 3. The summed E-state index contributed by atoms with van der Waals surface area (Å²) >= 11 is 0. The van der Waals surface area contributed by atoms with E-state index in [4.69, 9.17) is 0 Å². The van der Waals surface area contributed by atoms with Crippen LogP contribution in [0.15, 0.2) is 42.6 Å². The molecule has 2 aromatic carbocycles. The minimum atomic E-state index is -1.42. The van der Waals surface area contributed by atoms with Gasteiger partial charge >= 0.3 is 0 Å². The maximum absolute atomic E-state index is 14.3. The molecule has 1 heterocycles. The van der Waals surface area contributed by atoms with Gasteiger partial charge in [0.2, 0.25) is 0 Å². The quantitative estimate of drug-likeness (QED) is 0.535. The Hall–Kier alpha value is -3.13. The van der Waals surface area contributed by atoms with E-state index in [9.17, 15) is 23.2 Å². The number of aromatic nitrogens is 2. The Bertz CT molecular complexity index is 1080. The third-order valence-corrected chi connectivity index (χ3v) is 5.43. The second-order valence-corrected chi connectivity index (χ2v) is 6.75. The number of nitrogens with zero attached hydrogens (tertiary/aromatic N) is 2. The lowest BCUT2D eigenvalue weighted by Crippen LogP contribution is -2.43. The smallest absolute Gasteiger partial charge is 0.258 e.